The number of carbonyl (C=O) groups is 3. The molecule has 0 radical (unpaired) electrons. The number of carbonyl (C=O) groups excluding carboxylic acids is 3. The number of amides is 3. The molecule has 1 atom stereocenters. The first-order chi connectivity index (χ1) is 31.0. The van der Waals surface area contributed by atoms with Crippen LogP contribution in [0.4, 0.5) is 5.69 Å². The highest BCUT2D eigenvalue weighted by Crippen LogP contribution is 2.40. The van der Waals surface area contributed by atoms with Crippen molar-refractivity contribution in [1.82, 2.24) is 40.7 Å². The number of thiophene rings is 1. The number of para-hydroxylation sites is 1. The van der Waals surface area contributed by atoms with Crippen LogP contribution in [0.25, 0.3) is 15.9 Å². The lowest BCUT2D eigenvalue weighted by Crippen LogP contribution is -2.32. The molecule has 2 aromatic carbocycles. The van der Waals surface area contributed by atoms with Crippen LogP contribution in [0.5, 0.6) is 0 Å². The number of benzene rings is 2. The van der Waals surface area contributed by atoms with Crippen LogP contribution in [-0.2, 0) is 25.6 Å². The number of pyridine rings is 1. The van der Waals surface area contributed by atoms with E-state index in [1.807, 2.05) is 77.5 Å². The van der Waals surface area contributed by atoms with E-state index in [0.29, 0.717) is 41.6 Å². The van der Waals surface area contributed by atoms with Gasteiger partial charge in [-0.25, -0.2) is 4.98 Å². The third kappa shape index (κ3) is 11.0. The Morgan fingerprint density at radius 1 is 1.00 bits per heavy atom. The van der Waals surface area contributed by atoms with Crippen molar-refractivity contribution in [3.05, 3.63) is 109 Å². The molecule has 7 rings (SSSR count). The van der Waals surface area contributed by atoms with Crippen molar-refractivity contribution in [3.63, 3.8) is 0 Å². The van der Waals surface area contributed by atoms with Gasteiger partial charge < -0.3 is 30.4 Å². The molecule has 0 saturated heterocycles. The fourth-order valence-electron chi connectivity index (χ4n) is 7.13. The molecule has 0 bridgehead atoms. The Morgan fingerprint density at radius 3 is 2.53 bits per heavy atom. The molecule has 4 aromatic heterocycles. The number of thioether (sulfide) groups is 1. The molecule has 0 spiro atoms. The summed E-state index contributed by atoms with van der Waals surface area (Å²) >= 11 is 11.0. The summed E-state index contributed by atoms with van der Waals surface area (Å²) in [4.78, 5) is 62.5. The monoisotopic (exact) mass is 941 g/mol. The number of halogens is 1. The van der Waals surface area contributed by atoms with Crippen molar-refractivity contribution in [2.45, 2.75) is 44.6 Å². The first-order valence-corrected chi connectivity index (χ1v) is 23.8. The molecule has 0 fully saturated rings. The maximum Gasteiger partial charge on any atom is 0.260 e. The van der Waals surface area contributed by atoms with Crippen LogP contribution in [0.1, 0.15) is 61.0 Å². The third-order valence-electron chi connectivity index (χ3n) is 10.4. The van der Waals surface area contributed by atoms with Crippen molar-refractivity contribution in [1.29, 1.82) is 0 Å². The van der Waals surface area contributed by atoms with Crippen LogP contribution >= 0.6 is 46.0 Å². The van der Waals surface area contributed by atoms with E-state index in [0.717, 1.165) is 54.0 Å². The van der Waals surface area contributed by atoms with Gasteiger partial charge in [0.25, 0.3) is 11.8 Å². The lowest BCUT2D eigenvalue weighted by molar-refractivity contribution is -0.125. The van der Waals surface area contributed by atoms with Gasteiger partial charge in [-0.2, -0.15) is 0 Å². The van der Waals surface area contributed by atoms with Gasteiger partial charge in [-0.3, -0.25) is 28.9 Å². The van der Waals surface area contributed by atoms with Crippen LogP contribution in [0.15, 0.2) is 75.3 Å². The Balaban J connectivity index is 0.843. The SMILES string of the molecule is CSc1cccc2c(N(C)C/C=N/OCC(=O)NCCOCCNC(=O)C[C@@H]3N=C(c4ccc(Cl)cc4)c4c(sc(C)c4C)-n4c(C)nnc43)c(C(=O)NCCc3nccs3)cnc12. The van der Waals surface area contributed by atoms with E-state index in [4.69, 9.17) is 26.2 Å². The summed E-state index contributed by atoms with van der Waals surface area (Å²) in [5.74, 6) is 0.504. The fourth-order valence-corrected chi connectivity index (χ4v) is 9.66. The van der Waals surface area contributed by atoms with Gasteiger partial charge >= 0.3 is 0 Å². The second kappa shape index (κ2) is 21.8. The van der Waals surface area contributed by atoms with Gasteiger partial charge in [0.05, 0.1) is 59.9 Å². The molecule has 1 aliphatic heterocycles. The van der Waals surface area contributed by atoms with E-state index in [-0.39, 0.29) is 57.1 Å². The summed E-state index contributed by atoms with van der Waals surface area (Å²) < 4.78 is 7.67. The van der Waals surface area contributed by atoms with E-state index < -0.39 is 6.04 Å². The predicted molar refractivity (Wildman–Crippen MR) is 254 cm³/mol. The third-order valence-corrected chi connectivity index (χ3v) is 13.4. The van der Waals surface area contributed by atoms with E-state index >= 15 is 0 Å². The molecule has 6 aromatic rings. The quantitative estimate of drug-likeness (QED) is 0.0338. The summed E-state index contributed by atoms with van der Waals surface area (Å²) in [6, 6.07) is 12.9. The molecular weight excluding hydrogens is 894 g/mol. The Bertz CT molecular complexity index is 2670. The number of hydrogen-bond acceptors (Lipinski definition) is 15. The summed E-state index contributed by atoms with van der Waals surface area (Å²) in [5, 5.41) is 26.8. The highest BCUT2D eigenvalue weighted by Gasteiger charge is 2.32. The average Bonchev–Trinajstić information content (AvgIpc) is 4.00. The van der Waals surface area contributed by atoms with Crippen LogP contribution in [-0.4, -0.2) is 114 Å². The zero-order valence-corrected chi connectivity index (χ0v) is 39.2. The Kier molecular flexibility index (Phi) is 15.7. The van der Waals surface area contributed by atoms with Gasteiger partial charge in [0.15, 0.2) is 12.4 Å². The maximum absolute atomic E-state index is 13.4. The van der Waals surface area contributed by atoms with E-state index in [1.54, 1.807) is 46.8 Å². The van der Waals surface area contributed by atoms with Crippen LogP contribution in [0.2, 0.25) is 5.02 Å². The minimum absolute atomic E-state index is 0.0593. The number of rotatable bonds is 20. The second-order valence-electron chi connectivity index (χ2n) is 14.7. The standard InChI is InChI=1S/C44H48ClN11O5S3/c1-26-27(2)64-44-38(26)39(29-9-11-30(45)12-10-29)52-33(42-54-53-28(3)56(42)44)23-35(57)46-16-20-60-21-17-47-36(58)25-61-51-15-19-55(4)41-31-7-6-8-34(62-5)40(31)50-24-32(41)43(59)49-14-13-37-48-18-22-63-37/h6-12,15,18,22,24,33H,13-14,16-17,19-21,23,25H2,1-5H3,(H,46,57)(H,47,58)(H,49,59)/b51-15+/t33-/m0/s1. The molecule has 0 saturated carbocycles. The number of thiazole rings is 1. The number of nitrogens with zero attached hydrogens (tertiary/aromatic N) is 8. The fraction of sp³-hybridized carbons (Fsp3) is 0.341. The van der Waals surface area contributed by atoms with Crippen LogP contribution in [0.3, 0.4) is 0 Å². The van der Waals surface area contributed by atoms with Crippen molar-refractivity contribution in [3.8, 4) is 5.00 Å². The number of aliphatic imine (C=N–C) groups is 1. The zero-order chi connectivity index (χ0) is 45.2. The van der Waals surface area contributed by atoms with Gasteiger partial charge in [-0.1, -0.05) is 41.0 Å². The molecule has 1 aliphatic rings. The maximum atomic E-state index is 13.4. The largest absolute Gasteiger partial charge is 0.386 e. The molecule has 5 heterocycles. The number of ether oxygens (including phenoxy) is 1. The smallest absolute Gasteiger partial charge is 0.260 e. The van der Waals surface area contributed by atoms with Gasteiger partial charge in [0, 0.05) is 82.2 Å². The van der Waals surface area contributed by atoms with E-state index in [9.17, 15) is 14.4 Å². The van der Waals surface area contributed by atoms with Gasteiger partial charge in [-0.15, -0.1) is 44.6 Å². The van der Waals surface area contributed by atoms with Gasteiger partial charge in [0.2, 0.25) is 5.91 Å². The van der Waals surface area contributed by atoms with Gasteiger partial charge in [-0.05, 0) is 50.8 Å². The predicted octanol–water partition coefficient (Wildman–Crippen LogP) is 6.28. The Hall–Kier alpha value is -5.73. The van der Waals surface area contributed by atoms with Crippen LogP contribution < -0.4 is 20.9 Å². The molecule has 64 heavy (non-hydrogen) atoms. The summed E-state index contributed by atoms with van der Waals surface area (Å²) in [6.45, 7) is 7.49. The number of anilines is 1. The van der Waals surface area contributed by atoms with Crippen LogP contribution in [0, 0.1) is 20.8 Å². The normalized spacial score (nSPS) is 13.3. The number of aromatic nitrogens is 5. The van der Waals surface area contributed by atoms with Gasteiger partial charge in [0.1, 0.15) is 16.9 Å². The van der Waals surface area contributed by atoms with Crippen molar-refractivity contribution in [2.24, 2.45) is 10.1 Å². The number of aryl methyl sites for hydroxylation is 2. The Morgan fingerprint density at radius 2 is 1.78 bits per heavy atom. The number of hydrogen-bond donors (Lipinski definition) is 3. The number of nitrogens with one attached hydrogen (secondary N) is 3. The lowest BCUT2D eigenvalue weighted by Gasteiger charge is -2.22. The van der Waals surface area contributed by atoms with Crippen molar-refractivity contribution < 1.29 is 24.0 Å². The Labute approximate surface area is 387 Å². The summed E-state index contributed by atoms with van der Waals surface area (Å²) in [5.41, 5.74) is 5.72. The minimum Gasteiger partial charge on any atom is -0.386 e. The highest BCUT2D eigenvalue weighted by molar-refractivity contribution is 7.98. The molecule has 334 valence electrons. The molecule has 0 aliphatic carbocycles. The van der Waals surface area contributed by atoms with Crippen molar-refractivity contribution >= 4 is 92.3 Å². The summed E-state index contributed by atoms with van der Waals surface area (Å²) in [7, 11) is 1.86. The lowest BCUT2D eigenvalue weighted by atomic mass is 9.99. The second-order valence-corrected chi connectivity index (χ2v) is 18.1. The zero-order valence-electron chi connectivity index (χ0n) is 36.0. The van der Waals surface area contributed by atoms with E-state index in [1.165, 1.54) is 11.1 Å². The first-order valence-electron chi connectivity index (χ1n) is 20.5. The molecular formula is C44H48ClN11O5S3. The summed E-state index contributed by atoms with van der Waals surface area (Å²) in [6.07, 6.45) is 7.57. The molecule has 3 N–H and O–H groups in total. The minimum atomic E-state index is -0.582. The topological polar surface area (TPSA) is 190 Å². The molecule has 3 amide bonds. The van der Waals surface area contributed by atoms with E-state index in [2.05, 4.69) is 55.1 Å². The number of fused-ring (bicyclic) bond motifs is 4. The molecule has 16 nitrogen and oxygen atoms in total. The first kappa shape index (κ1) is 46.3. The average molecular weight is 943 g/mol. The highest BCUT2D eigenvalue weighted by atomic mass is 35.5. The van der Waals surface area contributed by atoms with Crippen molar-refractivity contribution in [2.75, 3.05) is 64.2 Å². The number of oxime groups is 1. The molecule has 20 heteroatoms. The molecule has 0 unspecified atom stereocenters.